The van der Waals surface area contributed by atoms with E-state index in [0.717, 1.165) is 19.4 Å². The van der Waals surface area contributed by atoms with Crippen LogP contribution < -0.4 is 16.4 Å². The number of ether oxygens (including phenoxy) is 1. The van der Waals surface area contributed by atoms with E-state index in [4.69, 9.17) is 5.73 Å². The standard InChI is InChI=1S/C11H19N3O4/c1-18-11(17)8(4-5-9(12)15)14-10(16)7-3-2-6-13-7/h7-8,13H,2-6H2,1H3,(H2,12,15)(H,14,16)/t7-,8-/m0/s1. The molecule has 0 aliphatic carbocycles. The van der Waals surface area contributed by atoms with Crippen LogP contribution in [0.3, 0.4) is 0 Å². The molecule has 0 radical (unpaired) electrons. The van der Waals surface area contributed by atoms with Gasteiger partial charge in [0, 0.05) is 6.42 Å². The first-order valence-corrected chi connectivity index (χ1v) is 5.94. The molecule has 1 aliphatic heterocycles. The average molecular weight is 257 g/mol. The van der Waals surface area contributed by atoms with E-state index in [1.807, 2.05) is 0 Å². The van der Waals surface area contributed by atoms with E-state index in [0.29, 0.717) is 0 Å². The van der Waals surface area contributed by atoms with Gasteiger partial charge in [0.15, 0.2) is 0 Å². The van der Waals surface area contributed by atoms with Gasteiger partial charge in [0.1, 0.15) is 6.04 Å². The summed E-state index contributed by atoms with van der Waals surface area (Å²) in [5, 5.41) is 5.61. The Morgan fingerprint density at radius 1 is 1.50 bits per heavy atom. The summed E-state index contributed by atoms with van der Waals surface area (Å²) in [6, 6.07) is -1.09. The van der Waals surface area contributed by atoms with E-state index in [-0.39, 0.29) is 24.8 Å². The first kappa shape index (κ1) is 14.4. The van der Waals surface area contributed by atoms with Crippen LogP contribution in [0.25, 0.3) is 0 Å². The number of amides is 2. The predicted octanol–water partition coefficient (Wildman–Crippen LogP) is -1.34. The second-order valence-electron chi connectivity index (χ2n) is 4.24. The van der Waals surface area contributed by atoms with Gasteiger partial charge in [-0.2, -0.15) is 0 Å². The zero-order valence-electron chi connectivity index (χ0n) is 10.4. The number of primary amides is 1. The lowest BCUT2D eigenvalue weighted by Crippen LogP contribution is -2.48. The van der Waals surface area contributed by atoms with Crippen molar-refractivity contribution in [3.05, 3.63) is 0 Å². The van der Waals surface area contributed by atoms with Gasteiger partial charge in [-0.25, -0.2) is 4.79 Å². The summed E-state index contributed by atoms with van der Waals surface area (Å²) in [5.41, 5.74) is 5.02. The third-order valence-corrected chi connectivity index (χ3v) is 2.86. The number of nitrogens with two attached hydrogens (primary N) is 1. The van der Waals surface area contributed by atoms with Crippen molar-refractivity contribution in [2.24, 2.45) is 5.73 Å². The lowest BCUT2D eigenvalue weighted by atomic mass is 10.1. The summed E-state index contributed by atoms with van der Waals surface area (Å²) in [7, 11) is 1.24. The number of carbonyl (C=O) groups excluding carboxylic acids is 3. The average Bonchev–Trinajstić information content (AvgIpc) is 2.86. The molecule has 0 saturated carbocycles. The molecule has 2 amide bonds. The fourth-order valence-corrected chi connectivity index (χ4v) is 1.86. The molecule has 1 heterocycles. The van der Waals surface area contributed by atoms with E-state index >= 15 is 0 Å². The van der Waals surface area contributed by atoms with Crippen molar-refractivity contribution in [2.45, 2.75) is 37.8 Å². The highest BCUT2D eigenvalue weighted by Gasteiger charge is 2.27. The smallest absolute Gasteiger partial charge is 0.328 e. The molecule has 0 bridgehead atoms. The van der Waals surface area contributed by atoms with E-state index in [1.165, 1.54) is 7.11 Å². The molecule has 0 unspecified atom stereocenters. The predicted molar refractivity (Wildman–Crippen MR) is 63.4 cm³/mol. The van der Waals surface area contributed by atoms with E-state index in [9.17, 15) is 14.4 Å². The molecule has 7 nitrogen and oxygen atoms in total. The monoisotopic (exact) mass is 257 g/mol. The molecule has 0 aromatic heterocycles. The molecule has 1 aliphatic rings. The Kier molecular flexibility index (Phi) is 5.57. The fraction of sp³-hybridized carbons (Fsp3) is 0.727. The van der Waals surface area contributed by atoms with Gasteiger partial charge in [0.2, 0.25) is 11.8 Å². The van der Waals surface area contributed by atoms with Gasteiger partial charge in [-0.15, -0.1) is 0 Å². The molecule has 4 N–H and O–H groups in total. The lowest BCUT2D eigenvalue weighted by Gasteiger charge is -2.18. The summed E-state index contributed by atoms with van der Waals surface area (Å²) in [4.78, 5) is 34.0. The topological polar surface area (TPSA) is 111 Å². The molecule has 1 rings (SSSR count). The minimum Gasteiger partial charge on any atom is -0.467 e. The quantitative estimate of drug-likeness (QED) is 0.510. The van der Waals surface area contributed by atoms with Crippen molar-refractivity contribution in [1.82, 2.24) is 10.6 Å². The molecule has 2 atom stereocenters. The molecule has 102 valence electrons. The Labute approximate surface area is 105 Å². The van der Waals surface area contributed by atoms with E-state index < -0.39 is 17.9 Å². The summed E-state index contributed by atoms with van der Waals surface area (Å²) in [5.74, 6) is -1.33. The third kappa shape index (κ3) is 4.33. The summed E-state index contributed by atoms with van der Waals surface area (Å²) in [6.45, 7) is 0.794. The molecule has 18 heavy (non-hydrogen) atoms. The first-order chi connectivity index (χ1) is 8.54. The Morgan fingerprint density at radius 3 is 2.72 bits per heavy atom. The van der Waals surface area contributed by atoms with Crippen molar-refractivity contribution in [1.29, 1.82) is 0 Å². The molecule has 0 aromatic carbocycles. The van der Waals surface area contributed by atoms with Crippen molar-refractivity contribution in [2.75, 3.05) is 13.7 Å². The van der Waals surface area contributed by atoms with Crippen LogP contribution in [0.2, 0.25) is 0 Å². The Bertz CT molecular complexity index is 326. The van der Waals surface area contributed by atoms with E-state index in [2.05, 4.69) is 15.4 Å². The Balaban J connectivity index is 2.51. The van der Waals surface area contributed by atoms with Crippen LogP contribution in [0.4, 0.5) is 0 Å². The molecule has 1 saturated heterocycles. The molecule has 7 heteroatoms. The molecular weight excluding hydrogens is 238 g/mol. The van der Waals surface area contributed by atoms with Crippen LogP contribution in [0.15, 0.2) is 0 Å². The maximum absolute atomic E-state index is 11.8. The zero-order valence-corrected chi connectivity index (χ0v) is 10.4. The van der Waals surface area contributed by atoms with Crippen LogP contribution in [0.5, 0.6) is 0 Å². The molecule has 0 spiro atoms. The number of rotatable bonds is 6. The maximum atomic E-state index is 11.8. The van der Waals surface area contributed by atoms with Crippen LogP contribution in [0, 0.1) is 0 Å². The number of hydrogen-bond acceptors (Lipinski definition) is 5. The Morgan fingerprint density at radius 2 is 2.22 bits per heavy atom. The second kappa shape index (κ2) is 6.95. The maximum Gasteiger partial charge on any atom is 0.328 e. The van der Waals surface area contributed by atoms with Gasteiger partial charge < -0.3 is 21.1 Å². The van der Waals surface area contributed by atoms with Gasteiger partial charge in [-0.3, -0.25) is 9.59 Å². The summed E-state index contributed by atoms with van der Waals surface area (Å²) in [6.07, 6.45) is 1.86. The van der Waals surface area contributed by atoms with E-state index in [1.54, 1.807) is 0 Å². The Hall–Kier alpha value is -1.63. The molecular formula is C11H19N3O4. The molecule has 0 aromatic rings. The minimum absolute atomic E-state index is 0.0259. The lowest BCUT2D eigenvalue weighted by molar-refractivity contribution is -0.145. The van der Waals surface area contributed by atoms with Gasteiger partial charge in [0.25, 0.3) is 0 Å². The van der Waals surface area contributed by atoms with Crippen molar-refractivity contribution in [3.8, 4) is 0 Å². The third-order valence-electron chi connectivity index (χ3n) is 2.86. The van der Waals surface area contributed by atoms with Crippen LogP contribution >= 0.6 is 0 Å². The van der Waals surface area contributed by atoms with Crippen LogP contribution in [-0.2, 0) is 19.1 Å². The highest BCUT2D eigenvalue weighted by Crippen LogP contribution is 2.06. The van der Waals surface area contributed by atoms with Crippen LogP contribution in [-0.4, -0.2) is 43.5 Å². The molecule has 1 fully saturated rings. The normalized spacial score (nSPS) is 20.2. The van der Waals surface area contributed by atoms with Gasteiger partial charge >= 0.3 is 5.97 Å². The van der Waals surface area contributed by atoms with Crippen molar-refractivity contribution < 1.29 is 19.1 Å². The first-order valence-electron chi connectivity index (χ1n) is 5.94. The SMILES string of the molecule is COC(=O)[C@H](CCC(N)=O)NC(=O)[C@@H]1CCCN1. The van der Waals surface area contributed by atoms with Gasteiger partial charge in [-0.1, -0.05) is 0 Å². The van der Waals surface area contributed by atoms with Gasteiger partial charge in [-0.05, 0) is 25.8 Å². The fourth-order valence-electron chi connectivity index (χ4n) is 1.86. The highest BCUT2D eigenvalue weighted by molar-refractivity contribution is 5.88. The second-order valence-corrected chi connectivity index (χ2v) is 4.24. The number of hydrogen-bond donors (Lipinski definition) is 3. The number of esters is 1. The number of carbonyl (C=O) groups is 3. The zero-order chi connectivity index (χ0) is 13.5. The number of nitrogens with one attached hydrogen (secondary N) is 2. The highest BCUT2D eigenvalue weighted by atomic mass is 16.5. The van der Waals surface area contributed by atoms with Gasteiger partial charge in [0.05, 0.1) is 13.2 Å². The van der Waals surface area contributed by atoms with Crippen LogP contribution in [0.1, 0.15) is 25.7 Å². The number of methoxy groups -OCH3 is 1. The summed E-state index contributed by atoms with van der Waals surface area (Å²) < 4.78 is 4.58. The van der Waals surface area contributed by atoms with Crippen molar-refractivity contribution in [3.63, 3.8) is 0 Å². The van der Waals surface area contributed by atoms with Crippen molar-refractivity contribution >= 4 is 17.8 Å². The summed E-state index contributed by atoms with van der Waals surface area (Å²) >= 11 is 0. The largest absolute Gasteiger partial charge is 0.467 e. The minimum atomic E-state index is -0.822.